The number of nitrogens with zero attached hydrogens (tertiary/aromatic N) is 1. The molecule has 132 valence electrons. The van der Waals surface area contributed by atoms with E-state index in [0.29, 0.717) is 25.6 Å². The Morgan fingerprint density at radius 1 is 1.39 bits per heavy atom. The number of hydrogen-bond donors (Lipinski definition) is 2. The van der Waals surface area contributed by atoms with Gasteiger partial charge in [-0.2, -0.15) is 0 Å². The van der Waals surface area contributed by atoms with Crippen LogP contribution in [-0.4, -0.2) is 66.1 Å². The van der Waals surface area contributed by atoms with Crippen LogP contribution in [0.5, 0.6) is 0 Å². The number of aliphatic carboxylic acids is 1. The molecule has 1 atom stereocenters. The molecule has 2 N–H and O–H groups in total. The highest BCUT2D eigenvalue weighted by atomic mass is 16.6. The third kappa shape index (κ3) is 5.35. The van der Waals surface area contributed by atoms with E-state index < -0.39 is 17.1 Å². The van der Waals surface area contributed by atoms with Crippen LogP contribution in [0.4, 0.5) is 4.79 Å². The van der Waals surface area contributed by atoms with Crippen molar-refractivity contribution in [2.24, 2.45) is 5.92 Å². The van der Waals surface area contributed by atoms with E-state index in [1.807, 2.05) is 20.8 Å². The molecule has 0 spiro atoms. The van der Waals surface area contributed by atoms with Crippen molar-refractivity contribution in [3.05, 3.63) is 0 Å². The molecule has 1 unspecified atom stereocenters. The zero-order valence-electron chi connectivity index (χ0n) is 14.3. The fraction of sp³-hybridized carbons (Fsp3) is 0.875. The normalized spacial score (nSPS) is 24.0. The maximum atomic E-state index is 12.0. The Hall–Kier alpha value is -1.34. The summed E-state index contributed by atoms with van der Waals surface area (Å²) in [4.78, 5) is 24.7. The number of carboxylic acids is 1. The van der Waals surface area contributed by atoms with Gasteiger partial charge in [0.2, 0.25) is 0 Å². The van der Waals surface area contributed by atoms with Gasteiger partial charge in [-0.05, 0) is 39.5 Å². The molecule has 0 aromatic rings. The first-order chi connectivity index (χ1) is 10.7. The lowest BCUT2D eigenvalue weighted by atomic mass is 9.85. The van der Waals surface area contributed by atoms with Crippen molar-refractivity contribution in [1.82, 2.24) is 10.2 Å². The van der Waals surface area contributed by atoms with E-state index in [1.165, 1.54) is 0 Å². The van der Waals surface area contributed by atoms with Gasteiger partial charge in [0, 0.05) is 26.2 Å². The first-order valence-corrected chi connectivity index (χ1v) is 8.22. The molecule has 1 amide bonds. The molecule has 2 aliphatic heterocycles. The number of likely N-dealkylation sites (tertiary alicyclic amines) is 1. The average Bonchev–Trinajstić information content (AvgIpc) is 2.39. The lowest BCUT2D eigenvalue weighted by Gasteiger charge is -2.50. The summed E-state index contributed by atoms with van der Waals surface area (Å²) in [5.74, 6) is -0.453. The summed E-state index contributed by atoms with van der Waals surface area (Å²) in [6.07, 6.45) is 1.75. The van der Waals surface area contributed by atoms with Crippen molar-refractivity contribution in [3.8, 4) is 0 Å². The quantitative estimate of drug-likeness (QED) is 0.794. The molecule has 2 heterocycles. The SMILES string of the molecule is CC(C)(C)OC(=O)N1CC(CC(=O)O)(NCC2CCCOC2)C1. The van der Waals surface area contributed by atoms with Crippen LogP contribution < -0.4 is 5.32 Å². The molecule has 2 fully saturated rings. The van der Waals surface area contributed by atoms with E-state index in [-0.39, 0.29) is 12.5 Å². The Labute approximate surface area is 137 Å². The fourth-order valence-electron chi connectivity index (χ4n) is 3.04. The number of amides is 1. The van der Waals surface area contributed by atoms with Gasteiger partial charge in [-0.1, -0.05) is 0 Å². The predicted molar refractivity (Wildman–Crippen MR) is 84.3 cm³/mol. The first kappa shape index (κ1) is 18.0. The summed E-state index contributed by atoms with van der Waals surface area (Å²) in [6.45, 7) is 8.41. The van der Waals surface area contributed by atoms with Gasteiger partial charge in [0.15, 0.2) is 0 Å². The lowest BCUT2D eigenvalue weighted by molar-refractivity contribution is -0.141. The Morgan fingerprint density at radius 3 is 2.61 bits per heavy atom. The van der Waals surface area contributed by atoms with Crippen LogP contribution in [0, 0.1) is 5.92 Å². The van der Waals surface area contributed by atoms with Crippen LogP contribution in [0.25, 0.3) is 0 Å². The molecule has 7 heteroatoms. The van der Waals surface area contributed by atoms with Gasteiger partial charge in [-0.15, -0.1) is 0 Å². The molecule has 0 bridgehead atoms. The molecule has 2 saturated heterocycles. The molecule has 2 aliphatic rings. The highest BCUT2D eigenvalue weighted by Crippen LogP contribution is 2.27. The summed E-state index contributed by atoms with van der Waals surface area (Å²) >= 11 is 0. The highest BCUT2D eigenvalue weighted by molar-refractivity contribution is 5.73. The number of hydrogen-bond acceptors (Lipinski definition) is 5. The topological polar surface area (TPSA) is 88.1 Å². The highest BCUT2D eigenvalue weighted by Gasteiger charge is 2.47. The Kier molecular flexibility index (Phi) is 5.52. The molecule has 0 aromatic carbocycles. The zero-order valence-corrected chi connectivity index (χ0v) is 14.3. The van der Waals surface area contributed by atoms with Crippen LogP contribution in [-0.2, 0) is 14.3 Å². The molecule has 0 saturated carbocycles. The number of nitrogens with one attached hydrogen (secondary N) is 1. The number of ether oxygens (including phenoxy) is 2. The standard InChI is InChI=1S/C16H28N2O5/c1-15(2,3)23-14(21)18-10-16(11-18,7-13(19)20)17-8-12-5-4-6-22-9-12/h12,17H,4-11H2,1-3H3,(H,19,20). The van der Waals surface area contributed by atoms with Crippen molar-refractivity contribution in [2.75, 3.05) is 32.8 Å². The maximum absolute atomic E-state index is 12.0. The van der Waals surface area contributed by atoms with Crippen LogP contribution in [0.1, 0.15) is 40.0 Å². The Morgan fingerprint density at radius 2 is 2.09 bits per heavy atom. The van der Waals surface area contributed by atoms with Gasteiger partial charge in [-0.25, -0.2) is 4.79 Å². The minimum atomic E-state index is -0.860. The lowest BCUT2D eigenvalue weighted by Crippen LogP contribution is -2.71. The summed E-state index contributed by atoms with van der Waals surface area (Å²) in [6, 6.07) is 0. The van der Waals surface area contributed by atoms with Gasteiger partial charge < -0.3 is 24.8 Å². The van der Waals surface area contributed by atoms with E-state index in [0.717, 1.165) is 26.0 Å². The molecule has 2 rings (SSSR count). The van der Waals surface area contributed by atoms with Crippen molar-refractivity contribution in [2.45, 2.75) is 51.2 Å². The predicted octanol–water partition coefficient (Wildman–Crippen LogP) is 1.47. The summed E-state index contributed by atoms with van der Waals surface area (Å²) in [7, 11) is 0. The number of carbonyl (C=O) groups excluding carboxylic acids is 1. The molecular formula is C16H28N2O5. The first-order valence-electron chi connectivity index (χ1n) is 8.22. The largest absolute Gasteiger partial charge is 0.481 e. The summed E-state index contributed by atoms with van der Waals surface area (Å²) in [5, 5.41) is 12.5. The second kappa shape index (κ2) is 7.05. The van der Waals surface area contributed by atoms with Crippen LogP contribution in [0.2, 0.25) is 0 Å². The van der Waals surface area contributed by atoms with E-state index in [2.05, 4.69) is 5.32 Å². The number of carboxylic acid groups (broad SMARTS) is 1. The van der Waals surface area contributed by atoms with Gasteiger partial charge in [0.1, 0.15) is 5.60 Å². The van der Waals surface area contributed by atoms with Gasteiger partial charge in [-0.3, -0.25) is 4.79 Å². The minimum Gasteiger partial charge on any atom is -0.481 e. The Balaban J connectivity index is 1.86. The van der Waals surface area contributed by atoms with E-state index in [9.17, 15) is 9.59 Å². The third-order valence-electron chi connectivity index (χ3n) is 4.15. The van der Waals surface area contributed by atoms with E-state index in [1.54, 1.807) is 4.90 Å². The number of carbonyl (C=O) groups is 2. The smallest absolute Gasteiger partial charge is 0.410 e. The van der Waals surface area contributed by atoms with Crippen LogP contribution in [0.3, 0.4) is 0 Å². The molecular weight excluding hydrogens is 300 g/mol. The van der Waals surface area contributed by atoms with Gasteiger partial charge in [0.05, 0.1) is 18.6 Å². The molecule has 23 heavy (non-hydrogen) atoms. The molecule has 0 aliphatic carbocycles. The van der Waals surface area contributed by atoms with Crippen molar-refractivity contribution < 1.29 is 24.2 Å². The molecule has 0 aromatic heterocycles. The van der Waals surface area contributed by atoms with E-state index >= 15 is 0 Å². The van der Waals surface area contributed by atoms with Crippen molar-refractivity contribution in [3.63, 3.8) is 0 Å². The van der Waals surface area contributed by atoms with Gasteiger partial charge in [0.25, 0.3) is 0 Å². The summed E-state index contributed by atoms with van der Waals surface area (Å²) < 4.78 is 10.8. The molecule has 7 nitrogen and oxygen atoms in total. The minimum absolute atomic E-state index is 0.000124. The van der Waals surface area contributed by atoms with Crippen LogP contribution in [0.15, 0.2) is 0 Å². The maximum Gasteiger partial charge on any atom is 0.410 e. The van der Waals surface area contributed by atoms with Crippen molar-refractivity contribution >= 4 is 12.1 Å². The monoisotopic (exact) mass is 328 g/mol. The Bertz CT molecular complexity index is 434. The number of rotatable bonds is 5. The summed E-state index contributed by atoms with van der Waals surface area (Å²) in [5.41, 5.74) is -1.10. The van der Waals surface area contributed by atoms with Gasteiger partial charge >= 0.3 is 12.1 Å². The second-order valence-corrected chi connectivity index (χ2v) is 7.65. The average molecular weight is 328 g/mol. The van der Waals surface area contributed by atoms with Crippen molar-refractivity contribution in [1.29, 1.82) is 0 Å². The van der Waals surface area contributed by atoms with Crippen LogP contribution >= 0.6 is 0 Å². The molecule has 0 radical (unpaired) electrons. The zero-order chi connectivity index (χ0) is 17.1. The third-order valence-corrected chi connectivity index (χ3v) is 4.15. The van der Waals surface area contributed by atoms with E-state index in [4.69, 9.17) is 14.6 Å². The second-order valence-electron chi connectivity index (χ2n) is 7.65. The fourth-order valence-corrected chi connectivity index (χ4v) is 3.04.